The minimum atomic E-state index is -0.813. The molecule has 84 valence electrons. The topological polar surface area (TPSA) is 66.0 Å². The Morgan fingerprint density at radius 3 is 2.94 bits per heavy atom. The third-order valence-electron chi connectivity index (χ3n) is 2.62. The van der Waals surface area contributed by atoms with Crippen LogP contribution in [0.5, 0.6) is 0 Å². The number of carbonyl (C=O) groups is 1. The van der Waals surface area contributed by atoms with E-state index < -0.39 is 5.97 Å². The van der Waals surface area contributed by atoms with E-state index in [1.807, 2.05) is 26.0 Å². The molecule has 0 radical (unpaired) electrons. The molecule has 0 spiro atoms. The van der Waals surface area contributed by atoms with E-state index in [1.54, 1.807) is 6.20 Å². The number of aromatic nitrogens is 2. The molecule has 0 bridgehead atoms. The van der Waals surface area contributed by atoms with Crippen molar-refractivity contribution in [3.05, 3.63) is 29.6 Å². The van der Waals surface area contributed by atoms with Crippen molar-refractivity contribution in [1.29, 1.82) is 0 Å². The van der Waals surface area contributed by atoms with Crippen molar-refractivity contribution in [1.82, 2.24) is 9.97 Å². The lowest BCUT2D eigenvalue weighted by Gasteiger charge is -2.05. The van der Waals surface area contributed by atoms with Crippen LogP contribution in [0.2, 0.25) is 0 Å². The van der Waals surface area contributed by atoms with E-state index in [2.05, 4.69) is 9.97 Å². The molecule has 2 aromatic rings. The van der Waals surface area contributed by atoms with E-state index in [4.69, 9.17) is 5.11 Å². The van der Waals surface area contributed by atoms with Gasteiger partial charge in [0.05, 0.1) is 6.42 Å². The van der Waals surface area contributed by atoms with E-state index >= 15 is 0 Å². The first kappa shape index (κ1) is 10.7. The molecule has 0 aliphatic carbocycles. The van der Waals surface area contributed by atoms with Crippen LogP contribution in [0.3, 0.4) is 0 Å². The zero-order valence-corrected chi connectivity index (χ0v) is 9.32. The molecule has 4 heteroatoms. The first-order valence-electron chi connectivity index (χ1n) is 5.27. The largest absolute Gasteiger partial charge is 0.481 e. The normalized spacial score (nSPS) is 11.2. The van der Waals surface area contributed by atoms with Gasteiger partial charge in [0.2, 0.25) is 0 Å². The van der Waals surface area contributed by atoms with E-state index in [9.17, 15) is 4.79 Å². The highest BCUT2D eigenvalue weighted by Gasteiger charge is 2.16. The van der Waals surface area contributed by atoms with Crippen LogP contribution < -0.4 is 0 Å². The number of fused-ring (bicyclic) bond motifs is 1. The summed E-state index contributed by atoms with van der Waals surface area (Å²) in [6.07, 6.45) is 1.74. The van der Waals surface area contributed by atoms with Crippen molar-refractivity contribution in [3.8, 4) is 0 Å². The zero-order valence-electron chi connectivity index (χ0n) is 9.32. The van der Waals surface area contributed by atoms with Crippen LogP contribution in [0.1, 0.15) is 31.0 Å². The molecule has 0 amide bonds. The van der Waals surface area contributed by atoms with Crippen LogP contribution >= 0.6 is 0 Å². The van der Waals surface area contributed by atoms with Gasteiger partial charge in [-0.3, -0.25) is 4.79 Å². The van der Waals surface area contributed by atoms with Gasteiger partial charge in [-0.2, -0.15) is 0 Å². The van der Waals surface area contributed by atoms with E-state index in [0.717, 1.165) is 22.3 Å². The number of carboxylic acids is 1. The maximum Gasteiger partial charge on any atom is 0.307 e. The number of aromatic amines is 1. The molecule has 16 heavy (non-hydrogen) atoms. The lowest BCUT2D eigenvalue weighted by Crippen LogP contribution is -2.03. The van der Waals surface area contributed by atoms with Crippen LogP contribution in [0.15, 0.2) is 18.3 Å². The van der Waals surface area contributed by atoms with Crippen LogP contribution in [0.4, 0.5) is 0 Å². The highest BCUT2D eigenvalue weighted by molar-refractivity contribution is 5.86. The fraction of sp³-hybridized carbons (Fsp3) is 0.333. The van der Waals surface area contributed by atoms with E-state index in [0.29, 0.717) is 0 Å². The quantitative estimate of drug-likeness (QED) is 0.830. The molecule has 0 saturated heterocycles. The minimum Gasteiger partial charge on any atom is -0.481 e. The predicted octanol–water partition coefficient (Wildman–Crippen LogP) is 2.31. The van der Waals surface area contributed by atoms with Crippen molar-refractivity contribution in [2.45, 2.75) is 26.2 Å². The number of nitrogens with one attached hydrogen (secondary N) is 1. The molecule has 2 aromatic heterocycles. The highest BCUT2D eigenvalue weighted by atomic mass is 16.4. The Hall–Kier alpha value is -1.84. The molecule has 2 heterocycles. The third-order valence-corrected chi connectivity index (χ3v) is 2.62. The standard InChI is InChI=1S/C12H14N2O2/c1-7(2)11-9(6-10(15)16)8-4-3-5-13-12(8)14-11/h3-5,7H,6H2,1-2H3,(H,13,14)(H,15,16). The number of aliphatic carboxylic acids is 1. The number of nitrogens with zero attached hydrogens (tertiary/aromatic N) is 1. The van der Waals surface area contributed by atoms with Gasteiger partial charge in [-0.15, -0.1) is 0 Å². The van der Waals surface area contributed by atoms with Gasteiger partial charge in [0.1, 0.15) is 5.65 Å². The summed E-state index contributed by atoms with van der Waals surface area (Å²) >= 11 is 0. The highest BCUT2D eigenvalue weighted by Crippen LogP contribution is 2.26. The second-order valence-electron chi connectivity index (χ2n) is 4.14. The Morgan fingerprint density at radius 2 is 2.31 bits per heavy atom. The summed E-state index contributed by atoms with van der Waals surface area (Å²) in [5.74, 6) is -0.546. The Balaban J connectivity index is 2.64. The maximum atomic E-state index is 10.9. The number of H-pyrrole nitrogens is 1. The van der Waals surface area contributed by atoms with Gasteiger partial charge in [0.15, 0.2) is 0 Å². The van der Waals surface area contributed by atoms with Gasteiger partial charge in [-0.25, -0.2) is 4.98 Å². The summed E-state index contributed by atoms with van der Waals surface area (Å²) in [4.78, 5) is 18.2. The van der Waals surface area contributed by atoms with Gasteiger partial charge in [0, 0.05) is 17.3 Å². The Labute approximate surface area is 93.3 Å². The van der Waals surface area contributed by atoms with Crippen LogP contribution in [0.25, 0.3) is 11.0 Å². The minimum absolute atomic E-state index is 0.0409. The second kappa shape index (κ2) is 3.96. The number of rotatable bonds is 3. The summed E-state index contributed by atoms with van der Waals surface area (Å²) in [5, 5.41) is 9.83. The van der Waals surface area contributed by atoms with Gasteiger partial charge < -0.3 is 10.1 Å². The van der Waals surface area contributed by atoms with Gasteiger partial charge in [-0.05, 0) is 23.6 Å². The first-order valence-corrected chi connectivity index (χ1v) is 5.27. The SMILES string of the molecule is CC(C)c1[nH]c2ncccc2c1CC(=O)O. The van der Waals surface area contributed by atoms with Crippen molar-refractivity contribution in [2.24, 2.45) is 0 Å². The lowest BCUT2D eigenvalue weighted by atomic mass is 10.0. The van der Waals surface area contributed by atoms with Crippen LogP contribution in [-0.2, 0) is 11.2 Å². The third kappa shape index (κ3) is 1.78. The molecule has 0 unspecified atom stereocenters. The molecular weight excluding hydrogens is 204 g/mol. The summed E-state index contributed by atoms with van der Waals surface area (Å²) in [5.41, 5.74) is 2.59. The van der Waals surface area contributed by atoms with Gasteiger partial charge in [0.25, 0.3) is 0 Å². The number of pyridine rings is 1. The molecule has 0 atom stereocenters. The van der Waals surface area contributed by atoms with Crippen molar-refractivity contribution < 1.29 is 9.90 Å². The van der Waals surface area contributed by atoms with Gasteiger partial charge in [-0.1, -0.05) is 13.8 Å². The molecule has 2 rings (SSSR count). The Bertz CT molecular complexity index is 529. The fourth-order valence-corrected chi connectivity index (χ4v) is 1.93. The van der Waals surface area contributed by atoms with Crippen LogP contribution in [0, 0.1) is 0 Å². The molecule has 4 nitrogen and oxygen atoms in total. The fourth-order valence-electron chi connectivity index (χ4n) is 1.93. The predicted molar refractivity (Wildman–Crippen MR) is 61.5 cm³/mol. The van der Waals surface area contributed by atoms with Crippen molar-refractivity contribution in [2.75, 3.05) is 0 Å². The zero-order chi connectivity index (χ0) is 11.7. The molecule has 0 aliphatic rings. The second-order valence-corrected chi connectivity index (χ2v) is 4.14. The molecule has 0 fully saturated rings. The lowest BCUT2D eigenvalue weighted by molar-refractivity contribution is -0.136. The Morgan fingerprint density at radius 1 is 1.56 bits per heavy atom. The monoisotopic (exact) mass is 218 g/mol. The average Bonchev–Trinajstić information content (AvgIpc) is 2.57. The molecule has 0 aliphatic heterocycles. The molecule has 0 aromatic carbocycles. The summed E-state index contributed by atoms with van der Waals surface area (Å²) < 4.78 is 0. The van der Waals surface area contributed by atoms with E-state index in [1.165, 1.54) is 0 Å². The number of hydrogen-bond acceptors (Lipinski definition) is 2. The van der Waals surface area contributed by atoms with Crippen LogP contribution in [-0.4, -0.2) is 21.0 Å². The molecular formula is C12H14N2O2. The average molecular weight is 218 g/mol. The van der Waals surface area contributed by atoms with Crippen molar-refractivity contribution in [3.63, 3.8) is 0 Å². The van der Waals surface area contributed by atoms with Crippen molar-refractivity contribution >= 4 is 17.0 Å². The summed E-state index contributed by atoms with van der Waals surface area (Å²) in [7, 11) is 0. The maximum absolute atomic E-state index is 10.9. The van der Waals surface area contributed by atoms with E-state index in [-0.39, 0.29) is 12.3 Å². The summed E-state index contributed by atoms with van der Waals surface area (Å²) in [6, 6.07) is 3.73. The number of hydrogen-bond donors (Lipinski definition) is 2. The molecule has 2 N–H and O–H groups in total. The first-order chi connectivity index (χ1) is 7.59. The summed E-state index contributed by atoms with van der Waals surface area (Å²) in [6.45, 7) is 4.08. The number of carboxylic acid groups (broad SMARTS) is 1. The van der Waals surface area contributed by atoms with Gasteiger partial charge >= 0.3 is 5.97 Å². The molecule has 0 saturated carbocycles. The smallest absolute Gasteiger partial charge is 0.307 e. The Kier molecular flexibility index (Phi) is 2.64.